The number of carbonyl (C=O) groups is 2. The molecule has 0 aliphatic carbocycles. The summed E-state index contributed by atoms with van der Waals surface area (Å²) in [5, 5.41) is 25.0. The van der Waals surface area contributed by atoms with Gasteiger partial charge in [-0.2, -0.15) is 0 Å². The predicted molar refractivity (Wildman–Crippen MR) is 145 cm³/mol. The second-order valence-electron chi connectivity index (χ2n) is 8.23. The predicted octanol–water partition coefficient (Wildman–Crippen LogP) is 3.58. The van der Waals surface area contributed by atoms with E-state index in [4.69, 9.17) is 23.1 Å². The quantitative estimate of drug-likeness (QED) is 0.173. The van der Waals surface area contributed by atoms with Crippen LogP contribution in [-0.4, -0.2) is 27.1 Å². The van der Waals surface area contributed by atoms with Crippen LogP contribution in [0.4, 0.5) is 5.13 Å². The summed E-state index contributed by atoms with van der Waals surface area (Å²) in [6.45, 7) is 0. The molecule has 0 aliphatic rings. The van der Waals surface area contributed by atoms with Crippen molar-refractivity contribution >= 4 is 39.9 Å². The van der Waals surface area contributed by atoms with Gasteiger partial charge in [0, 0.05) is 17.1 Å². The lowest BCUT2D eigenvalue weighted by Gasteiger charge is -2.09. The van der Waals surface area contributed by atoms with Crippen LogP contribution in [0.15, 0.2) is 78.3 Å². The number of allylic oxidation sites excluding steroid dienone is 3. The average molecular weight is 541 g/mol. The Kier molecular flexibility index (Phi) is 10.6. The lowest BCUT2D eigenvalue weighted by atomic mass is 10.1. The number of hydrogen-bond acceptors (Lipinski definition) is 8. The van der Waals surface area contributed by atoms with Gasteiger partial charge in [-0.3, -0.25) is 14.9 Å². The maximum absolute atomic E-state index is 12.3. The van der Waals surface area contributed by atoms with E-state index in [1.807, 2.05) is 30.3 Å². The first-order valence-corrected chi connectivity index (χ1v) is 12.8. The molecule has 3 aromatic rings. The van der Waals surface area contributed by atoms with Crippen molar-refractivity contribution in [2.45, 2.75) is 38.2 Å². The summed E-state index contributed by atoms with van der Waals surface area (Å²) < 4.78 is 0. The molecule has 0 radical (unpaired) electrons. The number of hydrogen-bond donors (Lipinski definition) is 5. The van der Waals surface area contributed by atoms with Crippen molar-refractivity contribution in [1.29, 1.82) is 0 Å². The number of unbranched alkanes of at least 4 members (excludes halogenated alkanes) is 1. The van der Waals surface area contributed by atoms with E-state index < -0.39 is 12.0 Å². The van der Waals surface area contributed by atoms with Crippen LogP contribution in [-0.2, 0) is 22.4 Å². The zero-order valence-corrected chi connectivity index (χ0v) is 21.6. The largest absolute Gasteiger partial charge is 0.402 e. The standard InChI is InChI=1S/C26H29ClN6O3S/c27-19-10-6-9-18(16-19)24(35)25(36)31-26-33-32-23(37-26)12-5-4-11-20(28)13-14-21(29)30-22(34)15-17-7-2-1-3-8-17/h1-3,6-10,13-14,16,24,35H,4-5,11-12,15,28-29H2,(H,30,34)(H,31,33,36)/b20-13-,21-14+. The normalized spacial score (nSPS) is 12.7. The number of nitrogens with two attached hydrogens (primary N) is 2. The van der Waals surface area contributed by atoms with Crippen LogP contribution in [0.3, 0.4) is 0 Å². The molecule has 1 atom stereocenters. The summed E-state index contributed by atoms with van der Waals surface area (Å²) in [7, 11) is 0. The van der Waals surface area contributed by atoms with Crippen LogP contribution in [0, 0.1) is 0 Å². The third-order valence-corrected chi connectivity index (χ3v) is 6.32. The van der Waals surface area contributed by atoms with Gasteiger partial charge < -0.3 is 21.9 Å². The number of amides is 2. The van der Waals surface area contributed by atoms with Gasteiger partial charge in [-0.05, 0) is 54.7 Å². The van der Waals surface area contributed by atoms with Gasteiger partial charge in [0.15, 0.2) is 6.10 Å². The Bertz CT molecular complexity index is 1260. The fraction of sp³-hybridized carbons (Fsp3) is 0.231. The van der Waals surface area contributed by atoms with Crippen LogP contribution in [0.5, 0.6) is 0 Å². The molecule has 0 fully saturated rings. The van der Waals surface area contributed by atoms with Gasteiger partial charge in [-0.15, -0.1) is 10.2 Å². The second kappa shape index (κ2) is 14.1. The van der Waals surface area contributed by atoms with Gasteiger partial charge in [0.25, 0.3) is 5.91 Å². The lowest BCUT2D eigenvalue weighted by molar-refractivity contribution is -0.124. The monoisotopic (exact) mass is 540 g/mol. The fourth-order valence-electron chi connectivity index (χ4n) is 3.32. The highest BCUT2D eigenvalue weighted by Crippen LogP contribution is 2.22. The van der Waals surface area contributed by atoms with Gasteiger partial charge in [0.1, 0.15) is 10.8 Å². The number of aromatic nitrogens is 2. The van der Waals surface area contributed by atoms with Crippen LogP contribution >= 0.6 is 22.9 Å². The van der Waals surface area contributed by atoms with Crippen molar-refractivity contribution < 1.29 is 14.7 Å². The summed E-state index contributed by atoms with van der Waals surface area (Å²) in [5.41, 5.74) is 13.8. The van der Waals surface area contributed by atoms with Crippen LogP contribution in [0.2, 0.25) is 5.02 Å². The summed E-state index contributed by atoms with van der Waals surface area (Å²) in [5.74, 6) is -0.572. The second-order valence-corrected chi connectivity index (χ2v) is 9.73. The molecule has 1 aromatic heterocycles. The molecule has 1 heterocycles. The van der Waals surface area contributed by atoms with Crippen LogP contribution in [0.1, 0.15) is 41.5 Å². The van der Waals surface area contributed by atoms with Gasteiger partial charge in [-0.1, -0.05) is 65.4 Å². The molecule has 3 rings (SSSR count). The molecule has 11 heteroatoms. The molecule has 0 saturated carbocycles. The van der Waals surface area contributed by atoms with Crippen molar-refractivity contribution in [2.75, 3.05) is 5.32 Å². The highest BCUT2D eigenvalue weighted by Gasteiger charge is 2.19. The molecular weight excluding hydrogens is 512 g/mol. The minimum absolute atomic E-state index is 0.196. The Hall–Kier alpha value is -3.73. The number of halogens is 1. The first-order valence-electron chi connectivity index (χ1n) is 11.6. The Morgan fingerprint density at radius 3 is 2.59 bits per heavy atom. The third kappa shape index (κ3) is 9.68. The Morgan fingerprint density at radius 1 is 1.05 bits per heavy atom. The van der Waals surface area contributed by atoms with E-state index in [9.17, 15) is 14.7 Å². The molecule has 0 bridgehead atoms. The van der Waals surface area contributed by atoms with Crippen molar-refractivity contribution in [2.24, 2.45) is 11.5 Å². The van der Waals surface area contributed by atoms with Crippen molar-refractivity contribution in [3.05, 3.63) is 99.4 Å². The van der Waals surface area contributed by atoms with Gasteiger partial charge in [0.2, 0.25) is 11.0 Å². The summed E-state index contributed by atoms with van der Waals surface area (Å²) in [6.07, 6.45) is 5.09. The maximum atomic E-state index is 12.3. The first-order chi connectivity index (χ1) is 17.8. The fourth-order valence-corrected chi connectivity index (χ4v) is 4.30. The first kappa shape index (κ1) is 27.9. The van der Waals surface area contributed by atoms with Gasteiger partial charge in [0.05, 0.1) is 6.42 Å². The Morgan fingerprint density at radius 2 is 1.84 bits per heavy atom. The molecule has 0 spiro atoms. The Labute approximate surface area is 224 Å². The van der Waals surface area contributed by atoms with Crippen molar-refractivity contribution in [3.8, 4) is 0 Å². The van der Waals surface area contributed by atoms with E-state index in [-0.39, 0.29) is 18.1 Å². The molecule has 1 unspecified atom stereocenters. The van der Waals surface area contributed by atoms with Crippen LogP contribution in [0.25, 0.3) is 0 Å². The highest BCUT2D eigenvalue weighted by atomic mass is 35.5. The van der Waals surface area contributed by atoms with Crippen molar-refractivity contribution in [1.82, 2.24) is 15.5 Å². The van der Waals surface area contributed by atoms with E-state index in [1.165, 1.54) is 17.4 Å². The van der Waals surface area contributed by atoms with Gasteiger partial charge >= 0.3 is 0 Å². The molecule has 194 valence electrons. The van der Waals surface area contributed by atoms with E-state index in [0.717, 1.165) is 23.4 Å². The number of nitrogens with one attached hydrogen (secondary N) is 2. The number of aliphatic hydroxyl groups is 1. The number of nitrogens with zero attached hydrogens (tertiary/aromatic N) is 2. The molecular formula is C26H29ClN6O3S. The highest BCUT2D eigenvalue weighted by molar-refractivity contribution is 7.15. The smallest absolute Gasteiger partial charge is 0.259 e. The summed E-state index contributed by atoms with van der Waals surface area (Å²) >= 11 is 7.17. The summed E-state index contributed by atoms with van der Waals surface area (Å²) in [6, 6.07) is 15.9. The molecule has 9 nitrogen and oxygen atoms in total. The summed E-state index contributed by atoms with van der Waals surface area (Å²) in [4.78, 5) is 24.3. The van der Waals surface area contributed by atoms with E-state index in [2.05, 4.69) is 20.8 Å². The number of carbonyl (C=O) groups excluding carboxylic acids is 2. The zero-order valence-electron chi connectivity index (χ0n) is 20.1. The Balaban J connectivity index is 1.37. The van der Waals surface area contributed by atoms with Crippen LogP contribution < -0.4 is 22.1 Å². The average Bonchev–Trinajstić information content (AvgIpc) is 3.32. The number of aliphatic hydroxyl groups excluding tert-OH is 1. The van der Waals surface area contributed by atoms with Gasteiger partial charge in [-0.25, -0.2) is 0 Å². The molecule has 37 heavy (non-hydrogen) atoms. The van der Waals surface area contributed by atoms with E-state index >= 15 is 0 Å². The molecule has 0 aliphatic heterocycles. The minimum atomic E-state index is -1.36. The number of benzene rings is 2. The maximum Gasteiger partial charge on any atom is 0.259 e. The number of rotatable bonds is 12. The minimum Gasteiger partial charge on any atom is -0.402 e. The number of aryl methyl sites for hydroxylation is 1. The number of anilines is 1. The van der Waals surface area contributed by atoms with Crippen molar-refractivity contribution in [3.63, 3.8) is 0 Å². The molecule has 0 saturated heterocycles. The molecule has 7 N–H and O–H groups in total. The van der Waals surface area contributed by atoms with E-state index in [1.54, 1.807) is 30.4 Å². The van der Waals surface area contributed by atoms with E-state index in [0.29, 0.717) is 34.3 Å². The SMILES string of the molecule is N/C(=C\C=C(/N)NC(=O)Cc1ccccc1)CCCCc1nnc(NC(=O)C(O)c2cccc(Cl)c2)s1. The zero-order chi connectivity index (χ0) is 26.6. The topological polar surface area (TPSA) is 156 Å². The molecule has 2 amide bonds. The lowest BCUT2D eigenvalue weighted by Crippen LogP contribution is -2.28. The third-order valence-electron chi connectivity index (χ3n) is 5.18. The molecule has 2 aromatic carbocycles.